The smallest absolute Gasteiger partial charge is 0.407 e. The van der Waals surface area contributed by atoms with E-state index in [2.05, 4.69) is 46.4 Å². The molecule has 1 heterocycles. The second kappa shape index (κ2) is 9.79. The molecule has 32 heavy (non-hydrogen) atoms. The Morgan fingerprint density at radius 1 is 1.12 bits per heavy atom. The molecule has 0 spiro atoms. The normalized spacial score (nSPS) is 22.8. The summed E-state index contributed by atoms with van der Waals surface area (Å²) in [5.74, 6) is 1.68. The van der Waals surface area contributed by atoms with Crippen LogP contribution in [0.15, 0.2) is 0 Å². The topological polar surface area (TPSA) is 98.1 Å². The number of aryl methyl sites for hydroxylation is 1. The quantitative estimate of drug-likeness (QED) is 0.594. The van der Waals surface area contributed by atoms with E-state index >= 15 is 0 Å². The van der Waals surface area contributed by atoms with Crippen molar-refractivity contribution in [1.82, 2.24) is 25.6 Å². The molecule has 8 nitrogen and oxygen atoms in total. The van der Waals surface area contributed by atoms with Crippen LogP contribution in [-0.2, 0) is 27.9 Å². The minimum absolute atomic E-state index is 0.00258. The van der Waals surface area contributed by atoms with E-state index in [0.29, 0.717) is 43.7 Å². The van der Waals surface area contributed by atoms with Gasteiger partial charge < -0.3 is 15.4 Å². The first-order valence-corrected chi connectivity index (χ1v) is 12.2. The number of amides is 2. The van der Waals surface area contributed by atoms with Crippen molar-refractivity contribution in [3.8, 4) is 0 Å². The molecule has 0 bridgehead atoms. The molecule has 1 fully saturated rings. The van der Waals surface area contributed by atoms with Crippen molar-refractivity contribution in [3.63, 3.8) is 0 Å². The highest BCUT2D eigenvalue weighted by Gasteiger charge is 2.50. The van der Waals surface area contributed by atoms with Gasteiger partial charge in [0.1, 0.15) is 0 Å². The van der Waals surface area contributed by atoms with Crippen molar-refractivity contribution in [2.24, 2.45) is 17.8 Å². The number of carbonyl (C=O) groups excluding carboxylic acids is 2. The van der Waals surface area contributed by atoms with Crippen LogP contribution in [0.1, 0.15) is 85.0 Å². The fraction of sp³-hybridized carbons (Fsp3) is 0.833. The molecule has 2 aliphatic rings. The number of fused-ring (bicyclic) bond motifs is 2. The molecular formula is C24H41N5O3. The first-order chi connectivity index (χ1) is 15.0. The fourth-order valence-corrected chi connectivity index (χ4v) is 4.79. The maximum Gasteiger partial charge on any atom is 0.407 e. The molecule has 180 valence electrons. The van der Waals surface area contributed by atoms with Crippen molar-refractivity contribution < 1.29 is 14.3 Å². The van der Waals surface area contributed by atoms with Gasteiger partial charge in [0.15, 0.2) is 0 Å². The molecule has 2 N–H and O–H groups in total. The summed E-state index contributed by atoms with van der Waals surface area (Å²) < 4.78 is 7.63. The summed E-state index contributed by atoms with van der Waals surface area (Å²) in [4.78, 5) is 23.9. The Balaban J connectivity index is 1.38. The first-order valence-electron chi connectivity index (χ1n) is 12.2. The SMILES string of the molecule is CCC(C)(C)n1nnc2c1CC[C@@H]1C(COC(=O)NCCCC(=O)NC(C)(C)C)[C@@H]1CC2. The van der Waals surface area contributed by atoms with Gasteiger partial charge in [0.2, 0.25) is 5.91 Å². The van der Waals surface area contributed by atoms with Crippen LogP contribution in [0, 0.1) is 17.8 Å². The van der Waals surface area contributed by atoms with Crippen LogP contribution in [0.25, 0.3) is 0 Å². The van der Waals surface area contributed by atoms with Crippen molar-refractivity contribution >= 4 is 12.0 Å². The van der Waals surface area contributed by atoms with E-state index in [0.717, 1.165) is 37.8 Å². The van der Waals surface area contributed by atoms with E-state index in [1.807, 2.05) is 20.8 Å². The molecule has 1 aromatic heterocycles. The largest absolute Gasteiger partial charge is 0.449 e. The standard InChI is InChI=1S/C24H41N5O3/c1-7-24(5,6)29-20-13-11-17-16(10-12-19(20)27-28-29)18(17)15-32-22(31)25-14-8-9-21(30)26-23(2,3)4/h16-18H,7-15H2,1-6H3,(H,25,31)(H,26,30)/t16-,17+,18?/m1/s1. The lowest BCUT2D eigenvalue weighted by Gasteiger charge is -2.25. The van der Waals surface area contributed by atoms with Crippen LogP contribution in [0.2, 0.25) is 0 Å². The molecule has 0 radical (unpaired) electrons. The monoisotopic (exact) mass is 447 g/mol. The molecule has 0 saturated heterocycles. The Bertz CT molecular complexity index is 811. The van der Waals surface area contributed by atoms with Gasteiger partial charge in [0.05, 0.1) is 23.5 Å². The van der Waals surface area contributed by atoms with E-state index in [-0.39, 0.29) is 23.1 Å². The summed E-state index contributed by atoms with van der Waals surface area (Å²) in [7, 11) is 0. The van der Waals surface area contributed by atoms with Gasteiger partial charge >= 0.3 is 6.09 Å². The van der Waals surface area contributed by atoms with Gasteiger partial charge in [0, 0.05) is 18.5 Å². The number of ether oxygens (including phenoxy) is 1. The van der Waals surface area contributed by atoms with Crippen LogP contribution in [0.5, 0.6) is 0 Å². The molecule has 0 aliphatic heterocycles. The predicted molar refractivity (Wildman–Crippen MR) is 123 cm³/mol. The lowest BCUT2D eigenvalue weighted by molar-refractivity contribution is -0.122. The van der Waals surface area contributed by atoms with E-state index < -0.39 is 0 Å². The third-order valence-corrected chi connectivity index (χ3v) is 6.99. The Morgan fingerprint density at radius 2 is 1.81 bits per heavy atom. The molecule has 2 amide bonds. The first kappa shape index (κ1) is 24.5. The lowest BCUT2D eigenvalue weighted by atomic mass is 9.98. The van der Waals surface area contributed by atoms with Gasteiger partial charge in [-0.05, 0) is 90.9 Å². The maximum absolute atomic E-state index is 12.1. The summed E-state index contributed by atoms with van der Waals surface area (Å²) in [6.07, 6.45) is 5.76. The fourth-order valence-electron chi connectivity index (χ4n) is 4.79. The number of rotatable bonds is 8. The number of carbonyl (C=O) groups is 2. The lowest BCUT2D eigenvalue weighted by Crippen LogP contribution is -2.40. The molecule has 1 unspecified atom stereocenters. The third kappa shape index (κ3) is 6.23. The second-order valence-electron chi connectivity index (χ2n) is 11.1. The van der Waals surface area contributed by atoms with E-state index in [4.69, 9.17) is 4.74 Å². The number of hydrogen-bond donors (Lipinski definition) is 2. The highest BCUT2D eigenvalue weighted by Crippen LogP contribution is 2.53. The predicted octanol–water partition coefficient (Wildman–Crippen LogP) is 3.59. The Kier molecular flexibility index (Phi) is 7.50. The minimum atomic E-state index is -0.384. The summed E-state index contributed by atoms with van der Waals surface area (Å²) in [6, 6.07) is 0. The average Bonchev–Trinajstić information content (AvgIpc) is 3.17. The van der Waals surface area contributed by atoms with Crippen LogP contribution >= 0.6 is 0 Å². The molecule has 1 saturated carbocycles. The summed E-state index contributed by atoms with van der Waals surface area (Å²) in [5, 5.41) is 14.6. The molecule has 0 aromatic carbocycles. The van der Waals surface area contributed by atoms with Crippen LogP contribution in [0.4, 0.5) is 4.79 Å². The van der Waals surface area contributed by atoms with Gasteiger partial charge in [-0.25, -0.2) is 9.48 Å². The highest BCUT2D eigenvalue weighted by atomic mass is 16.5. The van der Waals surface area contributed by atoms with Crippen molar-refractivity contribution in [1.29, 1.82) is 0 Å². The van der Waals surface area contributed by atoms with E-state index in [9.17, 15) is 9.59 Å². The van der Waals surface area contributed by atoms with Gasteiger partial charge in [-0.1, -0.05) is 12.1 Å². The summed E-state index contributed by atoms with van der Waals surface area (Å²) in [5.41, 5.74) is 2.18. The van der Waals surface area contributed by atoms with Crippen molar-refractivity contribution in [2.75, 3.05) is 13.2 Å². The van der Waals surface area contributed by atoms with Gasteiger partial charge in [0.25, 0.3) is 0 Å². The molecular weight excluding hydrogens is 406 g/mol. The number of alkyl carbamates (subject to hydrolysis) is 1. The van der Waals surface area contributed by atoms with Gasteiger partial charge in [-0.15, -0.1) is 5.10 Å². The number of nitrogens with one attached hydrogen (secondary N) is 2. The van der Waals surface area contributed by atoms with Crippen molar-refractivity contribution in [2.45, 2.75) is 97.6 Å². The molecule has 8 heteroatoms. The third-order valence-electron chi connectivity index (χ3n) is 6.99. The van der Waals surface area contributed by atoms with Gasteiger partial charge in [-0.3, -0.25) is 4.79 Å². The summed E-state index contributed by atoms with van der Waals surface area (Å²) in [6.45, 7) is 13.4. The zero-order chi connectivity index (χ0) is 23.5. The molecule has 1 aromatic rings. The highest BCUT2D eigenvalue weighted by molar-refractivity contribution is 5.76. The Hall–Kier alpha value is -2.12. The molecule has 3 atom stereocenters. The van der Waals surface area contributed by atoms with E-state index in [1.54, 1.807) is 0 Å². The van der Waals surface area contributed by atoms with Gasteiger partial charge in [-0.2, -0.15) is 0 Å². The Morgan fingerprint density at radius 3 is 2.47 bits per heavy atom. The number of hydrogen-bond acceptors (Lipinski definition) is 5. The second-order valence-corrected chi connectivity index (χ2v) is 11.1. The number of nitrogens with zero attached hydrogens (tertiary/aromatic N) is 3. The average molecular weight is 448 g/mol. The van der Waals surface area contributed by atoms with Crippen LogP contribution in [-0.4, -0.2) is 45.7 Å². The maximum atomic E-state index is 12.1. The Labute approximate surface area is 192 Å². The van der Waals surface area contributed by atoms with Crippen molar-refractivity contribution in [3.05, 3.63) is 11.4 Å². The van der Waals surface area contributed by atoms with Crippen LogP contribution in [0.3, 0.4) is 0 Å². The van der Waals surface area contributed by atoms with E-state index in [1.165, 1.54) is 5.69 Å². The van der Waals surface area contributed by atoms with Crippen LogP contribution < -0.4 is 10.6 Å². The zero-order valence-corrected chi connectivity index (χ0v) is 20.7. The molecule has 2 aliphatic carbocycles. The number of aromatic nitrogens is 3. The zero-order valence-electron chi connectivity index (χ0n) is 20.7. The minimum Gasteiger partial charge on any atom is -0.449 e. The molecule has 3 rings (SSSR count). The summed E-state index contributed by atoms with van der Waals surface area (Å²) >= 11 is 0.